The summed E-state index contributed by atoms with van der Waals surface area (Å²) in [4.78, 5) is 4.21. The maximum absolute atomic E-state index is 4.21. The quantitative estimate of drug-likeness (QED) is 0.620. The Morgan fingerprint density at radius 3 is 2.39 bits per heavy atom. The fourth-order valence-corrected chi connectivity index (χ4v) is 1.59. The zero-order valence-corrected chi connectivity index (χ0v) is 12.0. The van der Waals surface area contributed by atoms with E-state index in [1.165, 1.54) is 11.1 Å². The van der Waals surface area contributed by atoms with E-state index in [-0.39, 0.29) is 0 Å². The fraction of sp³-hybridized carbons (Fsp3) is 0.533. The first-order valence-corrected chi connectivity index (χ1v) is 6.62. The van der Waals surface area contributed by atoms with Crippen LogP contribution >= 0.6 is 0 Å². The molecule has 0 heterocycles. The molecule has 18 heavy (non-hydrogen) atoms. The Morgan fingerprint density at radius 2 is 1.83 bits per heavy atom. The Morgan fingerprint density at radius 1 is 1.17 bits per heavy atom. The largest absolute Gasteiger partial charge is 0.356 e. The summed E-state index contributed by atoms with van der Waals surface area (Å²) in [5.41, 5.74) is 2.56. The van der Waals surface area contributed by atoms with E-state index in [1.54, 1.807) is 7.05 Å². The van der Waals surface area contributed by atoms with Crippen molar-refractivity contribution in [3.8, 4) is 0 Å². The van der Waals surface area contributed by atoms with Gasteiger partial charge in [-0.1, -0.05) is 43.7 Å². The minimum Gasteiger partial charge on any atom is -0.356 e. The van der Waals surface area contributed by atoms with Crippen molar-refractivity contribution in [1.82, 2.24) is 10.6 Å². The highest BCUT2D eigenvalue weighted by Gasteiger charge is 1.99. The second kappa shape index (κ2) is 7.75. The Labute approximate surface area is 111 Å². The lowest BCUT2D eigenvalue weighted by molar-refractivity contribution is 0.573. The van der Waals surface area contributed by atoms with Crippen molar-refractivity contribution >= 4 is 5.96 Å². The monoisotopic (exact) mass is 247 g/mol. The molecular formula is C15H25N3. The highest BCUT2D eigenvalue weighted by molar-refractivity contribution is 5.79. The van der Waals surface area contributed by atoms with Crippen LogP contribution < -0.4 is 10.6 Å². The Bertz CT molecular complexity index is 366. The van der Waals surface area contributed by atoms with E-state index < -0.39 is 0 Å². The predicted molar refractivity (Wildman–Crippen MR) is 78.8 cm³/mol. The topological polar surface area (TPSA) is 36.4 Å². The number of aryl methyl sites for hydroxylation is 1. The second-order valence-electron chi connectivity index (χ2n) is 5.02. The van der Waals surface area contributed by atoms with Gasteiger partial charge in [-0.25, -0.2) is 0 Å². The lowest BCUT2D eigenvalue weighted by atomic mass is 10.1. The molecule has 0 saturated carbocycles. The van der Waals surface area contributed by atoms with Crippen LogP contribution in [0.25, 0.3) is 0 Å². The van der Waals surface area contributed by atoms with Crippen LogP contribution in [0, 0.1) is 12.8 Å². The molecule has 0 radical (unpaired) electrons. The number of rotatable bonds is 5. The average molecular weight is 247 g/mol. The van der Waals surface area contributed by atoms with Crippen molar-refractivity contribution in [2.45, 2.75) is 33.7 Å². The van der Waals surface area contributed by atoms with Crippen molar-refractivity contribution in [3.05, 3.63) is 35.4 Å². The van der Waals surface area contributed by atoms with Gasteiger partial charge in [0.25, 0.3) is 0 Å². The molecule has 2 N–H and O–H groups in total. The van der Waals surface area contributed by atoms with E-state index in [9.17, 15) is 0 Å². The van der Waals surface area contributed by atoms with Gasteiger partial charge in [0.1, 0.15) is 0 Å². The summed E-state index contributed by atoms with van der Waals surface area (Å²) in [7, 11) is 1.81. The van der Waals surface area contributed by atoms with Crippen LogP contribution in [-0.4, -0.2) is 19.6 Å². The van der Waals surface area contributed by atoms with Crippen LogP contribution in [0.1, 0.15) is 31.4 Å². The number of hydrogen-bond acceptors (Lipinski definition) is 1. The molecule has 1 aromatic carbocycles. The lowest BCUT2D eigenvalue weighted by Crippen LogP contribution is -2.37. The number of nitrogens with zero attached hydrogens (tertiary/aromatic N) is 1. The molecule has 0 amide bonds. The van der Waals surface area contributed by atoms with Gasteiger partial charge in [0.2, 0.25) is 0 Å². The van der Waals surface area contributed by atoms with Gasteiger partial charge < -0.3 is 10.6 Å². The van der Waals surface area contributed by atoms with Crippen LogP contribution in [0.15, 0.2) is 29.3 Å². The first-order chi connectivity index (χ1) is 8.61. The molecule has 0 unspecified atom stereocenters. The lowest BCUT2D eigenvalue weighted by Gasteiger charge is -2.13. The maximum atomic E-state index is 4.21. The van der Waals surface area contributed by atoms with Crippen LogP contribution in [0.3, 0.4) is 0 Å². The molecule has 0 fully saturated rings. The smallest absolute Gasteiger partial charge is 0.191 e. The molecule has 0 saturated heterocycles. The summed E-state index contributed by atoms with van der Waals surface area (Å²) < 4.78 is 0. The van der Waals surface area contributed by atoms with Crippen LogP contribution in [0.5, 0.6) is 0 Å². The maximum Gasteiger partial charge on any atom is 0.191 e. The van der Waals surface area contributed by atoms with Gasteiger partial charge in [0.05, 0.1) is 0 Å². The zero-order valence-electron chi connectivity index (χ0n) is 12.0. The van der Waals surface area contributed by atoms with Gasteiger partial charge in [0.15, 0.2) is 5.96 Å². The van der Waals surface area contributed by atoms with E-state index in [0.717, 1.165) is 25.5 Å². The number of guanidine groups is 1. The first-order valence-electron chi connectivity index (χ1n) is 6.62. The zero-order chi connectivity index (χ0) is 13.4. The molecule has 0 aliphatic carbocycles. The van der Waals surface area contributed by atoms with Crippen LogP contribution in [-0.2, 0) is 6.54 Å². The van der Waals surface area contributed by atoms with Gasteiger partial charge in [-0.3, -0.25) is 4.99 Å². The normalized spacial score (nSPS) is 11.7. The highest BCUT2D eigenvalue weighted by Crippen LogP contribution is 2.02. The molecule has 0 spiro atoms. The van der Waals surface area contributed by atoms with Crippen molar-refractivity contribution < 1.29 is 0 Å². The second-order valence-corrected chi connectivity index (χ2v) is 5.02. The van der Waals surface area contributed by atoms with Gasteiger partial charge in [-0.2, -0.15) is 0 Å². The number of aliphatic imine (C=N–C) groups is 1. The Balaban J connectivity index is 2.33. The summed E-state index contributed by atoms with van der Waals surface area (Å²) in [6.07, 6.45) is 1.16. The molecular weight excluding hydrogens is 222 g/mol. The van der Waals surface area contributed by atoms with E-state index in [4.69, 9.17) is 0 Å². The highest BCUT2D eigenvalue weighted by atomic mass is 15.2. The Hall–Kier alpha value is -1.51. The number of hydrogen-bond donors (Lipinski definition) is 2. The standard InChI is InChI=1S/C15H25N3/c1-12(2)9-10-17-15(16-4)18-11-14-7-5-13(3)6-8-14/h5-8,12H,9-11H2,1-4H3,(H2,16,17,18). The van der Waals surface area contributed by atoms with E-state index in [0.29, 0.717) is 5.92 Å². The molecule has 0 bridgehead atoms. The van der Waals surface area contributed by atoms with Gasteiger partial charge >= 0.3 is 0 Å². The fourth-order valence-electron chi connectivity index (χ4n) is 1.59. The summed E-state index contributed by atoms with van der Waals surface area (Å²) in [6, 6.07) is 8.55. The molecule has 0 atom stereocenters. The van der Waals surface area contributed by atoms with Crippen LogP contribution in [0.4, 0.5) is 0 Å². The molecule has 1 aromatic rings. The summed E-state index contributed by atoms with van der Waals surface area (Å²) in [6.45, 7) is 8.32. The molecule has 3 nitrogen and oxygen atoms in total. The third-order valence-corrected chi connectivity index (χ3v) is 2.82. The third kappa shape index (κ3) is 5.71. The minimum absolute atomic E-state index is 0.715. The van der Waals surface area contributed by atoms with E-state index in [1.807, 2.05) is 0 Å². The van der Waals surface area contributed by atoms with Crippen LogP contribution in [0.2, 0.25) is 0 Å². The summed E-state index contributed by atoms with van der Waals surface area (Å²) >= 11 is 0. The van der Waals surface area contributed by atoms with Gasteiger partial charge in [-0.15, -0.1) is 0 Å². The molecule has 100 valence electrons. The van der Waals surface area contributed by atoms with Crippen molar-refractivity contribution in [3.63, 3.8) is 0 Å². The number of nitrogens with one attached hydrogen (secondary N) is 2. The van der Waals surface area contributed by atoms with E-state index >= 15 is 0 Å². The van der Waals surface area contributed by atoms with Crippen molar-refractivity contribution in [2.24, 2.45) is 10.9 Å². The summed E-state index contributed by atoms with van der Waals surface area (Å²) in [5, 5.41) is 6.64. The van der Waals surface area contributed by atoms with Crippen molar-refractivity contribution in [1.29, 1.82) is 0 Å². The molecule has 0 aliphatic rings. The molecule has 0 aliphatic heterocycles. The first kappa shape index (κ1) is 14.6. The predicted octanol–water partition coefficient (Wildman–Crippen LogP) is 2.71. The minimum atomic E-state index is 0.715. The van der Waals surface area contributed by atoms with Gasteiger partial charge in [-0.05, 0) is 24.8 Å². The van der Waals surface area contributed by atoms with Gasteiger partial charge in [0, 0.05) is 20.1 Å². The molecule has 0 aromatic heterocycles. The average Bonchev–Trinajstić information content (AvgIpc) is 2.35. The molecule has 3 heteroatoms. The molecule has 1 rings (SSSR count). The van der Waals surface area contributed by atoms with Crippen molar-refractivity contribution in [2.75, 3.05) is 13.6 Å². The summed E-state index contributed by atoms with van der Waals surface area (Å²) in [5.74, 6) is 1.59. The Kier molecular flexibility index (Phi) is 6.26. The third-order valence-electron chi connectivity index (χ3n) is 2.82. The van der Waals surface area contributed by atoms with E-state index in [2.05, 4.69) is 60.7 Å². The SMILES string of the molecule is CN=C(NCCC(C)C)NCc1ccc(C)cc1. The number of benzene rings is 1.